The second-order valence-corrected chi connectivity index (χ2v) is 11.1. The first-order valence-corrected chi connectivity index (χ1v) is 16.8. The summed E-state index contributed by atoms with van der Waals surface area (Å²) in [5, 5.41) is 11.4. The Morgan fingerprint density at radius 3 is 1.50 bits per heavy atom. The molecule has 0 aromatic rings. The molecule has 0 atom stereocenters. The van der Waals surface area contributed by atoms with Gasteiger partial charge >= 0.3 is 47.9 Å². The van der Waals surface area contributed by atoms with Gasteiger partial charge in [-0.3, -0.25) is 10.1 Å². The predicted molar refractivity (Wildman–Crippen MR) is 194 cm³/mol. The molecule has 0 radical (unpaired) electrons. The fourth-order valence-corrected chi connectivity index (χ4v) is 4.25. The van der Waals surface area contributed by atoms with Crippen molar-refractivity contribution in [3.05, 3.63) is 84.1 Å². The number of nitrogens with one attached hydrogen (secondary N) is 1. The zero-order valence-corrected chi connectivity index (χ0v) is 31.2. The minimum absolute atomic E-state index is 0.00191. The minimum atomic E-state index is -1.23. The fourth-order valence-electron chi connectivity index (χ4n) is 4.25. The Morgan fingerprint density at radius 1 is 0.661 bits per heavy atom. The fraction of sp³-hybridized carbons (Fsp3) is 0.378. The Bertz CT molecular complexity index is 1670. The van der Waals surface area contributed by atoms with Crippen LogP contribution in [0, 0.1) is 0 Å². The van der Waals surface area contributed by atoms with Crippen molar-refractivity contribution < 1.29 is 76.7 Å². The van der Waals surface area contributed by atoms with Crippen LogP contribution in [0.4, 0.5) is 9.59 Å². The number of amides is 5. The molecule has 0 spiro atoms. The van der Waals surface area contributed by atoms with Crippen LogP contribution in [0.25, 0.3) is 0 Å². The van der Waals surface area contributed by atoms with Crippen LogP contribution in [0.2, 0.25) is 0 Å². The van der Waals surface area contributed by atoms with Gasteiger partial charge in [0.05, 0.1) is 42.0 Å². The molecule has 0 aromatic carbocycles. The molecule has 19 nitrogen and oxygen atoms in total. The number of ether oxygens (including phenoxy) is 6. The Balaban J connectivity index is 2.93. The second kappa shape index (κ2) is 25.4. The van der Waals surface area contributed by atoms with Crippen LogP contribution in [-0.2, 0) is 62.0 Å². The van der Waals surface area contributed by atoms with Crippen molar-refractivity contribution in [1.29, 1.82) is 0 Å². The summed E-state index contributed by atoms with van der Waals surface area (Å²) in [7, 11) is 0. The largest absolute Gasteiger partial charge is 0.460 e. The molecule has 0 saturated heterocycles. The van der Waals surface area contributed by atoms with Crippen molar-refractivity contribution >= 4 is 54.3 Å². The van der Waals surface area contributed by atoms with Crippen molar-refractivity contribution in [2.45, 2.75) is 26.7 Å². The van der Waals surface area contributed by atoms with Crippen molar-refractivity contribution in [2.24, 2.45) is 0 Å². The van der Waals surface area contributed by atoms with Crippen LogP contribution in [0.1, 0.15) is 26.7 Å². The lowest BCUT2D eigenvalue weighted by Gasteiger charge is -2.28. The molecule has 304 valence electrons. The van der Waals surface area contributed by atoms with Gasteiger partial charge in [0.1, 0.15) is 39.6 Å². The van der Waals surface area contributed by atoms with E-state index in [1.54, 1.807) is 5.32 Å². The van der Waals surface area contributed by atoms with Gasteiger partial charge in [0.25, 0.3) is 0 Å². The lowest BCUT2D eigenvalue weighted by Crippen LogP contribution is -2.52. The first-order chi connectivity index (χ1) is 26.6. The summed E-state index contributed by atoms with van der Waals surface area (Å²) < 4.78 is 30.2. The summed E-state index contributed by atoms with van der Waals surface area (Å²) >= 11 is 0. The highest BCUT2D eigenvalue weighted by atomic mass is 16.6. The maximum Gasteiger partial charge on any atom is 0.339 e. The zero-order valence-electron chi connectivity index (χ0n) is 31.2. The standard InChI is InChI=1S/C37H45N3O16/c1-7-26(27(8-2)33(46)55-21-19-53-30(43)24(3)4)32(45)51-17-14-39(13-16-41)37(50)40(36(49)38-23-42)15-18-52-34(47)28-11-9-10-12-29(28)35(48)56-22-20-54-31(44)25(5)6/h7-8,11-12,23,41H,1-3,5,9-10,13-22H2,4,6H3,(H,38,42,49)/b27-26-. The average Bonchev–Trinajstić information content (AvgIpc) is 3.17. The lowest BCUT2D eigenvalue weighted by atomic mass is 9.98. The molecular weight excluding hydrogens is 742 g/mol. The number of aliphatic hydroxyl groups is 1. The van der Waals surface area contributed by atoms with E-state index >= 15 is 0 Å². The number of imide groups is 2. The van der Waals surface area contributed by atoms with E-state index in [1.807, 2.05) is 0 Å². The Morgan fingerprint density at radius 2 is 1.07 bits per heavy atom. The maximum atomic E-state index is 13.4. The van der Waals surface area contributed by atoms with E-state index in [1.165, 1.54) is 26.0 Å². The van der Waals surface area contributed by atoms with E-state index in [-0.39, 0.29) is 72.8 Å². The average molecular weight is 788 g/mol. The van der Waals surface area contributed by atoms with Gasteiger partial charge < -0.3 is 38.4 Å². The highest BCUT2D eigenvalue weighted by Gasteiger charge is 2.29. The molecule has 2 N–H and O–H groups in total. The van der Waals surface area contributed by atoms with Crippen molar-refractivity contribution in [2.75, 3.05) is 65.9 Å². The molecule has 1 aliphatic carbocycles. The van der Waals surface area contributed by atoms with E-state index in [9.17, 15) is 48.3 Å². The number of carbonyl (C=O) groups excluding carboxylic acids is 9. The van der Waals surface area contributed by atoms with Gasteiger partial charge in [-0.1, -0.05) is 50.6 Å². The van der Waals surface area contributed by atoms with Crippen molar-refractivity contribution in [3.63, 3.8) is 0 Å². The molecular formula is C37H45N3O16. The monoisotopic (exact) mass is 787 g/mol. The number of hydrogen-bond acceptors (Lipinski definition) is 16. The zero-order chi connectivity index (χ0) is 42.2. The first-order valence-electron chi connectivity index (χ1n) is 16.8. The van der Waals surface area contributed by atoms with Crippen LogP contribution in [0.15, 0.2) is 84.1 Å². The van der Waals surface area contributed by atoms with Crippen LogP contribution in [0.3, 0.4) is 0 Å². The van der Waals surface area contributed by atoms with Crippen LogP contribution >= 0.6 is 0 Å². The third-order valence-electron chi connectivity index (χ3n) is 6.97. The van der Waals surface area contributed by atoms with Crippen LogP contribution in [0.5, 0.6) is 0 Å². The summed E-state index contributed by atoms with van der Waals surface area (Å²) in [6.45, 7) is 12.3. The maximum absolute atomic E-state index is 13.4. The molecule has 0 aromatic heterocycles. The summed E-state index contributed by atoms with van der Waals surface area (Å²) in [4.78, 5) is 113. The molecule has 1 aliphatic rings. The van der Waals surface area contributed by atoms with Crippen LogP contribution in [-0.4, -0.2) is 135 Å². The number of hydrogen-bond donors (Lipinski definition) is 2. The summed E-state index contributed by atoms with van der Waals surface area (Å²) in [5.74, 6) is -5.35. The Kier molecular flexibility index (Phi) is 21.5. The number of allylic oxidation sites excluding steroid dienone is 2. The van der Waals surface area contributed by atoms with Crippen molar-refractivity contribution in [1.82, 2.24) is 15.1 Å². The smallest absolute Gasteiger partial charge is 0.339 e. The first kappa shape index (κ1) is 47.4. The Hall–Kier alpha value is -6.63. The summed E-state index contributed by atoms with van der Waals surface area (Å²) in [6, 6.07) is -2.32. The quantitative estimate of drug-likeness (QED) is 0.0370. The number of aliphatic hydroxyl groups excluding tert-OH is 1. The SMILES string of the molecule is C=C/C(C(=O)OCCOC(=O)C(=C)C)=C(\C=C)C(=O)OCCN(CCO)C(=O)N(CCOC(=O)C1=CCCC=C1C(=O)OCCOC(=O)C(=C)C)C(=O)NC=O. The molecule has 0 bridgehead atoms. The van der Waals surface area contributed by atoms with Crippen molar-refractivity contribution in [3.8, 4) is 0 Å². The number of carbonyl (C=O) groups is 9. The molecule has 0 heterocycles. The van der Waals surface area contributed by atoms with Gasteiger partial charge in [-0.05, 0) is 26.7 Å². The number of urea groups is 2. The topological polar surface area (TPSA) is 248 Å². The van der Waals surface area contributed by atoms with Gasteiger partial charge in [-0.25, -0.2) is 43.3 Å². The van der Waals surface area contributed by atoms with E-state index in [2.05, 4.69) is 26.3 Å². The molecule has 1 rings (SSSR count). The minimum Gasteiger partial charge on any atom is -0.460 e. The van der Waals surface area contributed by atoms with E-state index in [0.717, 1.165) is 17.1 Å². The molecule has 56 heavy (non-hydrogen) atoms. The van der Waals surface area contributed by atoms with Gasteiger partial charge in [0.15, 0.2) is 0 Å². The van der Waals surface area contributed by atoms with Gasteiger partial charge in [0.2, 0.25) is 6.41 Å². The number of esters is 6. The predicted octanol–water partition coefficient (Wildman–Crippen LogP) is 1.30. The molecule has 0 fully saturated rings. The van der Waals surface area contributed by atoms with Gasteiger partial charge in [-0.15, -0.1) is 0 Å². The summed E-state index contributed by atoms with van der Waals surface area (Å²) in [6.07, 6.45) is 5.69. The third kappa shape index (κ3) is 15.8. The molecule has 5 amide bonds. The Labute approximate surface area is 322 Å². The molecule has 0 aliphatic heterocycles. The van der Waals surface area contributed by atoms with Crippen LogP contribution < -0.4 is 5.32 Å². The van der Waals surface area contributed by atoms with E-state index in [0.29, 0.717) is 17.7 Å². The molecule has 0 saturated carbocycles. The summed E-state index contributed by atoms with van der Waals surface area (Å²) in [5.41, 5.74) is -0.670. The molecule has 0 unspecified atom stereocenters. The highest BCUT2D eigenvalue weighted by Crippen LogP contribution is 2.22. The molecule has 19 heteroatoms. The number of nitrogens with zero attached hydrogens (tertiary/aromatic N) is 2. The highest BCUT2D eigenvalue weighted by molar-refractivity contribution is 6.07. The third-order valence-corrected chi connectivity index (χ3v) is 6.97. The van der Waals surface area contributed by atoms with E-state index in [4.69, 9.17) is 28.4 Å². The normalized spacial score (nSPS) is 12.1. The number of rotatable bonds is 23. The second-order valence-electron chi connectivity index (χ2n) is 11.1. The van der Waals surface area contributed by atoms with Gasteiger partial charge in [-0.2, -0.15) is 0 Å². The van der Waals surface area contributed by atoms with Gasteiger partial charge in [0, 0.05) is 17.7 Å². The van der Waals surface area contributed by atoms with E-state index < -0.39 is 80.8 Å². The lowest BCUT2D eigenvalue weighted by molar-refractivity contribution is -0.147.